The summed E-state index contributed by atoms with van der Waals surface area (Å²) in [4.78, 5) is 37.1. The number of benzene rings is 1. The lowest BCUT2D eigenvalue weighted by molar-refractivity contribution is 0.102. The normalized spacial score (nSPS) is 18.5. The van der Waals surface area contributed by atoms with Crippen LogP contribution in [0.15, 0.2) is 42.6 Å². The molecule has 2 fully saturated rings. The Morgan fingerprint density at radius 2 is 1.71 bits per heavy atom. The maximum Gasteiger partial charge on any atom is 0.327 e. The topological polar surface area (TPSA) is 80.8 Å². The molecule has 0 saturated carbocycles. The number of anilines is 3. The van der Waals surface area contributed by atoms with Gasteiger partial charge in [-0.15, -0.1) is 12.4 Å². The van der Waals surface area contributed by atoms with Crippen molar-refractivity contribution in [3.63, 3.8) is 0 Å². The first-order chi connectivity index (χ1) is 18.2. The molecular formula is C29H41ClN6O2. The van der Waals surface area contributed by atoms with Crippen LogP contribution in [0.3, 0.4) is 0 Å². The Balaban J connectivity index is 0.00000336. The van der Waals surface area contributed by atoms with Gasteiger partial charge < -0.3 is 20.4 Å². The molecule has 3 aliphatic rings. The van der Waals surface area contributed by atoms with E-state index in [1.165, 1.54) is 75.9 Å². The summed E-state index contributed by atoms with van der Waals surface area (Å²) in [7, 11) is 0. The molecule has 206 valence electrons. The molecule has 0 bridgehead atoms. The zero-order valence-corrected chi connectivity index (χ0v) is 23.1. The van der Waals surface area contributed by atoms with Gasteiger partial charge in [0.05, 0.1) is 16.9 Å². The molecule has 4 heterocycles. The first-order valence-corrected chi connectivity index (χ1v) is 14.1. The third kappa shape index (κ3) is 7.04. The fourth-order valence-electron chi connectivity index (χ4n) is 5.89. The summed E-state index contributed by atoms with van der Waals surface area (Å²) in [5, 5.41) is 5.95. The highest BCUT2D eigenvalue weighted by atomic mass is 35.5. The summed E-state index contributed by atoms with van der Waals surface area (Å²) in [5.74, 6) is 1.03. The number of nitrogens with one attached hydrogen (secondary N) is 2. The molecule has 2 aromatic rings. The lowest BCUT2D eigenvalue weighted by atomic mass is 9.91. The van der Waals surface area contributed by atoms with Crippen LogP contribution >= 0.6 is 12.4 Å². The smallest absolute Gasteiger partial charge is 0.327 e. The number of hydrogen-bond donors (Lipinski definition) is 2. The second-order valence-electron chi connectivity index (χ2n) is 10.6. The average molecular weight is 541 g/mol. The van der Waals surface area contributed by atoms with E-state index in [0.29, 0.717) is 29.3 Å². The molecule has 0 radical (unpaired) electrons. The van der Waals surface area contributed by atoms with E-state index in [2.05, 4.69) is 25.4 Å². The number of aromatic nitrogens is 1. The molecule has 0 aliphatic carbocycles. The number of unbranched alkanes of at least 4 members (excludes halogenated alkanes) is 1. The Kier molecular flexibility index (Phi) is 10.4. The molecule has 5 rings (SSSR count). The number of carbonyl (C=O) groups is 2. The van der Waals surface area contributed by atoms with E-state index in [-0.39, 0.29) is 24.3 Å². The second kappa shape index (κ2) is 13.9. The Bertz CT molecular complexity index is 1070. The summed E-state index contributed by atoms with van der Waals surface area (Å²) in [6.45, 7) is 7.47. The second-order valence-corrected chi connectivity index (χ2v) is 10.6. The molecule has 2 N–H and O–H groups in total. The molecule has 8 nitrogen and oxygen atoms in total. The van der Waals surface area contributed by atoms with Gasteiger partial charge in [-0.2, -0.15) is 0 Å². The average Bonchev–Trinajstić information content (AvgIpc) is 3.06. The van der Waals surface area contributed by atoms with Crippen LogP contribution in [0.25, 0.3) is 0 Å². The summed E-state index contributed by atoms with van der Waals surface area (Å²) in [6, 6.07) is 10.4. The van der Waals surface area contributed by atoms with Crippen molar-refractivity contribution in [2.75, 3.05) is 56.0 Å². The minimum Gasteiger partial charge on any atom is -0.336 e. The number of fused-ring (bicyclic) bond motifs is 2. The van der Waals surface area contributed by atoms with Crippen molar-refractivity contribution in [3.8, 4) is 0 Å². The minimum absolute atomic E-state index is 0. The first kappa shape index (κ1) is 28.3. The van der Waals surface area contributed by atoms with E-state index in [1.54, 1.807) is 36.5 Å². The molecule has 1 aromatic carbocycles. The van der Waals surface area contributed by atoms with Crippen molar-refractivity contribution in [2.45, 2.75) is 51.4 Å². The predicted octanol–water partition coefficient (Wildman–Crippen LogP) is 5.29. The van der Waals surface area contributed by atoms with Gasteiger partial charge in [0.25, 0.3) is 5.91 Å². The molecule has 0 unspecified atom stereocenters. The van der Waals surface area contributed by atoms with E-state index in [1.807, 2.05) is 6.07 Å². The van der Waals surface area contributed by atoms with E-state index in [4.69, 9.17) is 0 Å². The number of rotatable bonds is 8. The largest absolute Gasteiger partial charge is 0.336 e. The number of para-hydroxylation sites is 1. The fraction of sp³-hybridized carbons (Fsp3) is 0.552. The zero-order valence-electron chi connectivity index (χ0n) is 22.2. The van der Waals surface area contributed by atoms with Gasteiger partial charge in [-0.25, -0.2) is 14.7 Å². The lowest BCUT2D eigenvalue weighted by Crippen LogP contribution is -2.43. The van der Waals surface area contributed by atoms with Crippen LogP contribution in [0, 0.1) is 5.92 Å². The van der Waals surface area contributed by atoms with Crippen molar-refractivity contribution in [3.05, 3.63) is 48.2 Å². The molecule has 0 atom stereocenters. The highest BCUT2D eigenvalue weighted by molar-refractivity contribution is 6.16. The van der Waals surface area contributed by atoms with Gasteiger partial charge in [0.1, 0.15) is 0 Å². The van der Waals surface area contributed by atoms with Gasteiger partial charge in [-0.05, 0) is 95.0 Å². The molecule has 3 amide bonds. The third-order valence-corrected chi connectivity index (χ3v) is 8.04. The molecule has 3 aliphatic heterocycles. The first-order valence-electron chi connectivity index (χ1n) is 14.1. The summed E-state index contributed by atoms with van der Waals surface area (Å²) in [6.07, 6.45) is 12.4. The van der Waals surface area contributed by atoms with Gasteiger partial charge >= 0.3 is 6.03 Å². The number of urea groups is 1. The number of carbonyl (C=O) groups excluding carboxylic acids is 2. The number of hydrogen-bond acceptors (Lipinski definition) is 5. The Labute approximate surface area is 232 Å². The molecule has 9 heteroatoms. The van der Waals surface area contributed by atoms with E-state index in [0.717, 1.165) is 25.6 Å². The van der Waals surface area contributed by atoms with Crippen LogP contribution in [0.5, 0.6) is 0 Å². The van der Waals surface area contributed by atoms with Crippen molar-refractivity contribution in [1.82, 2.24) is 20.1 Å². The minimum atomic E-state index is -0.271. The molecular weight excluding hydrogens is 500 g/mol. The molecule has 0 spiro atoms. The number of piperidine rings is 2. The number of halogens is 1. The number of likely N-dealkylation sites (tertiary alicyclic amines) is 2. The quantitative estimate of drug-likeness (QED) is 0.445. The molecule has 1 aromatic heterocycles. The summed E-state index contributed by atoms with van der Waals surface area (Å²) in [5.41, 5.74) is 1.52. The van der Waals surface area contributed by atoms with Crippen molar-refractivity contribution in [1.29, 1.82) is 0 Å². The number of nitrogens with zero attached hydrogens (tertiary/aromatic N) is 4. The van der Waals surface area contributed by atoms with E-state index in [9.17, 15) is 9.59 Å². The van der Waals surface area contributed by atoms with Crippen LogP contribution in [0.1, 0.15) is 61.7 Å². The van der Waals surface area contributed by atoms with Gasteiger partial charge in [-0.3, -0.25) is 4.79 Å². The summed E-state index contributed by atoms with van der Waals surface area (Å²) < 4.78 is 0. The van der Waals surface area contributed by atoms with Gasteiger partial charge in [0, 0.05) is 19.3 Å². The van der Waals surface area contributed by atoms with Crippen LogP contribution < -0.4 is 15.5 Å². The van der Waals surface area contributed by atoms with Gasteiger partial charge in [0.2, 0.25) is 0 Å². The Morgan fingerprint density at radius 1 is 0.947 bits per heavy atom. The van der Waals surface area contributed by atoms with Crippen molar-refractivity contribution >= 4 is 41.5 Å². The highest BCUT2D eigenvalue weighted by Gasteiger charge is 2.30. The maximum absolute atomic E-state index is 13.4. The van der Waals surface area contributed by atoms with E-state index < -0.39 is 0 Å². The fourth-order valence-corrected chi connectivity index (χ4v) is 5.89. The van der Waals surface area contributed by atoms with Crippen LogP contribution in [-0.2, 0) is 0 Å². The van der Waals surface area contributed by atoms with E-state index >= 15 is 0 Å². The SMILES string of the molecule is Cl.O=C1Nc2cccnc2N(C(=O)NCCN2CCC(CCCCN3CCCCC3)CC2)c2ccccc21. The van der Waals surface area contributed by atoms with Gasteiger partial charge in [0.15, 0.2) is 5.82 Å². The Morgan fingerprint density at radius 3 is 2.53 bits per heavy atom. The number of amides is 3. The van der Waals surface area contributed by atoms with Gasteiger partial charge in [-0.1, -0.05) is 31.4 Å². The highest BCUT2D eigenvalue weighted by Crippen LogP contribution is 2.36. The van der Waals surface area contributed by atoms with Crippen molar-refractivity contribution < 1.29 is 9.59 Å². The standard InChI is InChI=1S/C29H40N6O2.ClH/c36-28-24-10-2-3-12-26(24)35(27-25(32-28)11-8-15-30-27)29(37)31-16-22-34-20-13-23(14-21-34)9-4-7-19-33-17-5-1-6-18-33;/h2-3,8,10-12,15,23H,1,4-7,9,13-14,16-22H2,(H,31,37)(H,32,36);1H. The maximum atomic E-state index is 13.4. The van der Waals surface area contributed by atoms with Crippen LogP contribution in [-0.4, -0.2) is 72.5 Å². The lowest BCUT2D eigenvalue weighted by Gasteiger charge is -2.32. The Hall–Kier alpha value is -2.68. The summed E-state index contributed by atoms with van der Waals surface area (Å²) >= 11 is 0. The van der Waals surface area contributed by atoms with Crippen LogP contribution in [0.2, 0.25) is 0 Å². The third-order valence-electron chi connectivity index (χ3n) is 8.04. The zero-order chi connectivity index (χ0) is 25.5. The molecule has 38 heavy (non-hydrogen) atoms. The monoisotopic (exact) mass is 540 g/mol. The predicted molar refractivity (Wildman–Crippen MR) is 155 cm³/mol. The number of pyridine rings is 1. The van der Waals surface area contributed by atoms with Crippen molar-refractivity contribution in [2.24, 2.45) is 5.92 Å². The van der Waals surface area contributed by atoms with Crippen LogP contribution in [0.4, 0.5) is 22.0 Å². The molecule has 2 saturated heterocycles.